The summed E-state index contributed by atoms with van der Waals surface area (Å²) in [4.78, 5) is 33.7. The van der Waals surface area contributed by atoms with E-state index in [0.717, 1.165) is 5.56 Å². The molecule has 4 N–H and O–H groups in total. The van der Waals surface area contributed by atoms with Gasteiger partial charge in [0.25, 0.3) is 0 Å². The summed E-state index contributed by atoms with van der Waals surface area (Å²) >= 11 is 1.48. The van der Waals surface area contributed by atoms with Crippen LogP contribution in [0, 0.1) is 0 Å². The second-order valence-electron chi connectivity index (χ2n) is 5.32. The highest BCUT2D eigenvalue weighted by Crippen LogP contribution is 2.22. The topological polar surface area (TPSA) is 133 Å². The smallest absolute Gasteiger partial charge is 0.478 e. The van der Waals surface area contributed by atoms with Crippen LogP contribution in [-0.4, -0.2) is 52.2 Å². The first-order valence-electron chi connectivity index (χ1n) is 7.18. The van der Waals surface area contributed by atoms with E-state index in [2.05, 4.69) is 5.32 Å². The van der Waals surface area contributed by atoms with Crippen LogP contribution in [-0.2, 0) is 25.5 Å². The maximum atomic E-state index is 11.9. The average molecular weight is 353 g/mol. The number of carboxylic acids is 2. The molecule has 1 aromatic rings. The molecule has 2 heterocycles. The van der Waals surface area contributed by atoms with Crippen molar-refractivity contribution in [2.75, 3.05) is 0 Å². The fourth-order valence-electron chi connectivity index (χ4n) is 2.44. The van der Waals surface area contributed by atoms with Crippen LogP contribution in [0.15, 0.2) is 28.5 Å². The van der Waals surface area contributed by atoms with Crippen LogP contribution in [0.25, 0.3) is 0 Å². The minimum atomic E-state index is -1.42. The van der Waals surface area contributed by atoms with E-state index in [9.17, 15) is 19.4 Å². The molecule has 1 aliphatic heterocycles. The van der Waals surface area contributed by atoms with E-state index < -0.39 is 36.7 Å². The standard InChI is InChI=1S/C14H16BNO7S/c17-12(5-8-3-4-24-7-8)16-11-2-1-10(23-15(11)22)9(14(20)21)6-13(18)19/h3-4,6-7,10-11,22H,1-2,5H2,(H,16,17)(H,18,19)(H,20,21)/b9-6-/t10-,11-/m0/s1. The van der Waals surface area contributed by atoms with Crippen LogP contribution >= 0.6 is 11.3 Å². The molecule has 1 saturated heterocycles. The lowest BCUT2D eigenvalue weighted by atomic mass is 9.71. The summed E-state index contributed by atoms with van der Waals surface area (Å²) in [5, 5.41) is 34.1. The van der Waals surface area contributed by atoms with Gasteiger partial charge < -0.3 is 25.2 Å². The fourth-order valence-corrected chi connectivity index (χ4v) is 3.11. The normalized spacial score (nSPS) is 21.4. The summed E-state index contributed by atoms with van der Waals surface area (Å²) < 4.78 is 5.19. The van der Waals surface area contributed by atoms with Gasteiger partial charge in [0.05, 0.1) is 24.0 Å². The second-order valence-corrected chi connectivity index (χ2v) is 6.10. The summed E-state index contributed by atoms with van der Waals surface area (Å²) in [5.74, 6) is -3.78. The Labute approximate surface area is 141 Å². The number of rotatable bonds is 6. The number of thiophene rings is 1. The van der Waals surface area contributed by atoms with Gasteiger partial charge in [0.2, 0.25) is 5.91 Å². The SMILES string of the molecule is O=C(O)/C=C(\C(=O)O)[C@@H]1CC[C@H](NC(=O)Cc2ccsc2)B(O)O1. The van der Waals surface area contributed by atoms with Crippen LogP contribution in [0.4, 0.5) is 0 Å². The zero-order chi connectivity index (χ0) is 17.7. The van der Waals surface area contributed by atoms with E-state index >= 15 is 0 Å². The Kier molecular flexibility index (Phi) is 6.13. The van der Waals surface area contributed by atoms with E-state index in [-0.39, 0.29) is 25.2 Å². The molecule has 0 aliphatic carbocycles. The van der Waals surface area contributed by atoms with Crippen LogP contribution in [0.1, 0.15) is 18.4 Å². The van der Waals surface area contributed by atoms with E-state index in [1.54, 1.807) is 0 Å². The van der Waals surface area contributed by atoms with Crippen molar-refractivity contribution >= 4 is 36.3 Å². The molecule has 8 nitrogen and oxygen atoms in total. The number of carbonyl (C=O) groups is 3. The van der Waals surface area contributed by atoms with Gasteiger partial charge in [-0.25, -0.2) is 9.59 Å². The number of hydrogen-bond acceptors (Lipinski definition) is 6. The molecule has 128 valence electrons. The monoisotopic (exact) mass is 353 g/mol. The third-order valence-corrected chi connectivity index (χ3v) is 4.28. The molecule has 0 radical (unpaired) electrons. The molecule has 1 amide bonds. The summed E-state index contributed by atoms with van der Waals surface area (Å²) in [6, 6.07) is 1.82. The summed E-state index contributed by atoms with van der Waals surface area (Å²) in [7, 11) is -1.41. The van der Waals surface area contributed by atoms with Gasteiger partial charge >= 0.3 is 19.1 Å². The Morgan fingerprint density at radius 1 is 1.38 bits per heavy atom. The Morgan fingerprint density at radius 3 is 2.67 bits per heavy atom. The lowest BCUT2D eigenvalue weighted by molar-refractivity contribution is -0.136. The fraction of sp³-hybridized carbons (Fsp3) is 0.357. The van der Waals surface area contributed by atoms with Gasteiger partial charge in [0.15, 0.2) is 0 Å². The Bertz CT molecular complexity index is 646. The van der Waals surface area contributed by atoms with Crippen molar-refractivity contribution in [1.82, 2.24) is 5.32 Å². The molecule has 1 aliphatic rings. The van der Waals surface area contributed by atoms with Gasteiger partial charge in [-0.05, 0) is 35.2 Å². The number of nitrogens with one attached hydrogen (secondary N) is 1. The maximum Gasteiger partial charge on any atom is 0.478 e. The summed E-state index contributed by atoms with van der Waals surface area (Å²) in [6.07, 6.45) is 0.126. The second kappa shape index (κ2) is 8.09. The van der Waals surface area contributed by atoms with Crippen LogP contribution in [0.5, 0.6) is 0 Å². The van der Waals surface area contributed by atoms with Crippen LogP contribution in [0.3, 0.4) is 0 Å². The lowest BCUT2D eigenvalue weighted by Gasteiger charge is -2.31. The highest BCUT2D eigenvalue weighted by molar-refractivity contribution is 7.08. The Hall–Kier alpha value is -2.17. The number of amides is 1. The lowest BCUT2D eigenvalue weighted by Crippen LogP contribution is -2.53. The molecule has 0 spiro atoms. The van der Waals surface area contributed by atoms with E-state index in [0.29, 0.717) is 6.08 Å². The number of carbonyl (C=O) groups excluding carboxylic acids is 1. The number of hydrogen-bond donors (Lipinski definition) is 4. The zero-order valence-electron chi connectivity index (χ0n) is 12.5. The molecule has 2 rings (SSSR count). The van der Waals surface area contributed by atoms with Crippen molar-refractivity contribution in [3.63, 3.8) is 0 Å². The largest absolute Gasteiger partial charge is 0.478 e. The third-order valence-electron chi connectivity index (χ3n) is 3.55. The number of carboxylic acid groups (broad SMARTS) is 2. The number of aliphatic carboxylic acids is 2. The molecule has 10 heteroatoms. The van der Waals surface area contributed by atoms with Gasteiger partial charge in [-0.3, -0.25) is 4.79 Å². The Morgan fingerprint density at radius 2 is 2.12 bits per heavy atom. The van der Waals surface area contributed by atoms with Crippen molar-refractivity contribution in [2.24, 2.45) is 0 Å². The molecule has 0 unspecified atom stereocenters. The zero-order valence-corrected chi connectivity index (χ0v) is 13.4. The molecule has 0 bridgehead atoms. The minimum absolute atomic E-state index is 0.172. The molecule has 2 atom stereocenters. The van der Waals surface area contributed by atoms with Crippen molar-refractivity contribution in [3.8, 4) is 0 Å². The van der Waals surface area contributed by atoms with Crippen molar-refractivity contribution in [2.45, 2.75) is 31.3 Å². The van der Waals surface area contributed by atoms with Crippen molar-refractivity contribution < 1.29 is 34.3 Å². The molecule has 1 aromatic heterocycles. The third kappa shape index (κ3) is 4.92. The first-order chi connectivity index (χ1) is 11.4. The predicted octanol–water partition coefficient (Wildman–Crippen LogP) is 0.0697. The van der Waals surface area contributed by atoms with Gasteiger partial charge in [0, 0.05) is 6.08 Å². The molecule has 0 saturated carbocycles. The Balaban J connectivity index is 1.93. The van der Waals surface area contributed by atoms with Gasteiger partial charge in [-0.15, -0.1) is 0 Å². The molecular weight excluding hydrogens is 337 g/mol. The van der Waals surface area contributed by atoms with Gasteiger partial charge in [0.1, 0.15) is 0 Å². The summed E-state index contributed by atoms with van der Waals surface area (Å²) in [5.41, 5.74) is 0.420. The molecule has 1 fully saturated rings. The van der Waals surface area contributed by atoms with E-state index in [1.807, 2.05) is 16.8 Å². The molecular formula is C14H16BNO7S. The van der Waals surface area contributed by atoms with Gasteiger partial charge in [-0.2, -0.15) is 11.3 Å². The highest BCUT2D eigenvalue weighted by atomic mass is 32.1. The van der Waals surface area contributed by atoms with E-state index in [1.165, 1.54) is 11.3 Å². The van der Waals surface area contributed by atoms with Crippen LogP contribution in [0.2, 0.25) is 0 Å². The maximum absolute atomic E-state index is 11.9. The first kappa shape index (κ1) is 18.2. The van der Waals surface area contributed by atoms with Crippen molar-refractivity contribution in [1.29, 1.82) is 0 Å². The highest BCUT2D eigenvalue weighted by Gasteiger charge is 2.38. The van der Waals surface area contributed by atoms with Crippen LogP contribution < -0.4 is 5.32 Å². The van der Waals surface area contributed by atoms with Crippen molar-refractivity contribution in [3.05, 3.63) is 34.0 Å². The molecule has 0 aromatic carbocycles. The van der Waals surface area contributed by atoms with Gasteiger partial charge in [-0.1, -0.05) is 0 Å². The first-order valence-corrected chi connectivity index (χ1v) is 8.13. The molecule has 24 heavy (non-hydrogen) atoms. The summed E-state index contributed by atoms with van der Waals surface area (Å²) in [6.45, 7) is 0. The average Bonchev–Trinajstić information content (AvgIpc) is 2.99. The van der Waals surface area contributed by atoms with E-state index in [4.69, 9.17) is 14.9 Å². The predicted molar refractivity (Wildman–Crippen MR) is 85.4 cm³/mol. The minimum Gasteiger partial charge on any atom is -0.478 e. The quantitative estimate of drug-likeness (QED) is 0.420.